The van der Waals surface area contributed by atoms with Gasteiger partial charge in [0.1, 0.15) is 11.3 Å². The van der Waals surface area contributed by atoms with Crippen molar-refractivity contribution in [2.45, 2.75) is 26.3 Å². The number of hydrogen-bond acceptors (Lipinski definition) is 3. The van der Waals surface area contributed by atoms with Crippen LogP contribution in [-0.4, -0.2) is 33.6 Å². The average Bonchev–Trinajstić information content (AvgIpc) is 2.73. The molecular formula is C13H17BrClN3O. The number of nitrogens with zero attached hydrogens (tertiary/aromatic N) is 3. The average molecular weight is 347 g/mol. The van der Waals surface area contributed by atoms with Gasteiger partial charge in [-0.15, -0.1) is 11.6 Å². The second kappa shape index (κ2) is 6.68. The monoisotopic (exact) mass is 345 g/mol. The van der Waals surface area contributed by atoms with Crippen LogP contribution >= 0.6 is 27.5 Å². The molecule has 0 saturated carbocycles. The van der Waals surface area contributed by atoms with Crippen molar-refractivity contribution in [3.63, 3.8) is 0 Å². The first kappa shape index (κ1) is 14.8. The molecule has 1 atom stereocenters. The molecule has 0 aliphatic rings. The highest BCUT2D eigenvalue weighted by Gasteiger charge is 2.16. The quantitative estimate of drug-likeness (QED) is 0.751. The second-order valence-corrected chi connectivity index (χ2v) is 5.64. The lowest BCUT2D eigenvalue weighted by atomic mass is 10.3. The summed E-state index contributed by atoms with van der Waals surface area (Å²) in [6.07, 6.45) is 2.52. The summed E-state index contributed by atoms with van der Waals surface area (Å²) in [6.45, 7) is 5.46. The van der Waals surface area contributed by atoms with E-state index in [0.29, 0.717) is 19.1 Å². The number of aryl methyl sites for hydroxylation is 1. The summed E-state index contributed by atoms with van der Waals surface area (Å²) in [6, 6.07) is 2.17. The summed E-state index contributed by atoms with van der Waals surface area (Å²) < 4.78 is 8.56. The van der Waals surface area contributed by atoms with E-state index in [1.807, 2.05) is 13.0 Å². The van der Waals surface area contributed by atoms with Gasteiger partial charge in [-0.25, -0.2) is 9.97 Å². The van der Waals surface area contributed by atoms with E-state index < -0.39 is 0 Å². The van der Waals surface area contributed by atoms with Crippen LogP contribution in [-0.2, 0) is 11.2 Å². The number of imidazole rings is 1. The lowest BCUT2D eigenvalue weighted by Crippen LogP contribution is -2.16. The number of alkyl halides is 1. The topological polar surface area (TPSA) is 39.9 Å². The maximum atomic E-state index is 5.86. The molecule has 1 unspecified atom stereocenters. The minimum atomic E-state index is 0.192. The van der Waals surface area contributed by atoms with E-state index in [-0.39, 0.29) is 6.04 Å². The molecule has 0 amide bonds. The Hall–Kier alpha value is -0.650. The Bertz CT molecular complexity index is 558. The van der Waals surface area contributed by atoms with Crippen LogP contribution in [0, 0.1) is 0 Å². The summed E-state index contributed by atoms with van der Waals surface area (Å²) in [5.41, 5.74) is 1.77. The van der Waals surface area contributed by atoms with Gasteiger partial charge in [-0.2, -0.15) is 0 Å². The fourth-order valence-corrected chi connectivity index (χ4v) is 2.58. The first-order valence-electron chi connectivity index (χ1n) is 6.33. The standard InChI is InChI=1S/C13H17BrClN3O/c1-3-19-8-9(2)18-12(4-5-15)17-11-6-10(14)7-16-13(11)18/h6-7,9H,3-5,8H2,1-2H3. The Morgan fingerprint density at radius 3 is 3.00 bits per heavy atom. The molecule has 0 fully saturated rings. The minimum absolute atomic E-state index is 0.192. The van der Waals surface area contributed by atoms with Gasteiger partial charge in [-0.1, -0.05) is 0 Å². The molecule has 4 nitrogen and oxygen atoms in total. The van der Waals surface area contributed by atoms with E-state index in [1.54, 1.807) is 6.20 Å². The van der Waals surface area contributed by atoms with E-state index in [0.717, 1.165) is 27.9 Å². The number of rotatable bonds is 6. The molecule has 0 bridgehead atoms. The molecule has 2 rings (SSSR count). The molecule has 0 spiro atoms. The first-order valence-corrected chi connectivity index (χ1v) is 7.66. The molecule has 104 valence electrons. The van der Waals surface area contributed by atoms with Crippen molar-refractivity contribution in [2.24, 2.45) is 0 Å². The molecule has 6 heteroatoms. The molecule has 0 N–H and O–H groups in total. The van der Waals surface area contributed by atoms with E-state index in [4.69, 9.17) is 16.3 Å². The van der Waals surface area contributed by atoms with Gasteiger partial charge in [0.2, 0.25) is 0 Å². The number of ether oxygens (including phenoxy) is 1. The van der Waals surface area contributed by atoms with Gasteiger partial charge in [-0.05, 0) is 35.8 Å². The highest BCUT2D eigenvalue weighted by Crippen LogP contribution is 2.23. The van der Waals surface area contributed by atoms with Gasteiger partial charge in [0.15, 0.2) is 5.65 Å². The predicted molar refractivity (Wildman–Crippen MR) is 80.9 cm³/mol. The fourth-order valence-electron chi connectivity index (χ4n) is 2.09. The van der Waals surface area contributed by atoms with E-state index in [1.165, 1.54) is 0 Å². The van der Waals surface area contributed by atoms with Crippen LogP contribution in [0.3, 0.4) is 0 Å². The van der Waals surface area contributed by atoms with E-state index in [2.05, 4.69) is 37.4 Å². The number of fused-ring (bicyclic) bond motifs is 1. The number of aromatic nitrogens is 3. The van der Waals surface area contributed by atoms with Crippen LogP contribution in [0.4, 0.5) is 0 Å². The summed E-state index contributed by atoms with van der Waals surface area (Å²) in [5.74, 6) is 1.51. The molecule has 0 aliphatic heterocycles. The zero-order valence-electron chi connectivity index (χ0n) is 11.1. The Labute approximate surface area is 126 Å². The Kier molecular flexibility index (Phi) is 5.19. The summed E-state index contributed by atoms with van der Waals surface area (Å²) in [7, 11) is 0. The van der Waals surface area contributed by atoms with Gasteiger partial charge in [0.05, 0.1) is 12.6 Å². The molecule has 2 heterocycles. The fraction of sp³-hybridized carbons (Fsp3) is 0.538. The van der Waals surface area contributed by atoms with Crippen molar-refractivity contribution in [3.8, 4) is 0 Å². The van der Waals surface area contributed by atoms with Gasteiger partial charge in [0.25, 0.3) is 0 Å². The van der Waals surface area contributed by atoms with Crippen LogP contribution in [0.2, 0.25) is 0 Å². The first-order chi connectivity index (χ1) is 9.17. The minimum Gasteiger partial charge on any atom is -0.380 e. The molecule has 2 aromatic heterocycles. The van der Waals surface area contributed by atoms with Gasteiger partial charge >= 0.3 is 0 Å². The molecule has 19 heavy (non-hydrogen) atoms. The summed E-state index contributed by atoms with van der Waals surface area (Å²) in [4.78, 5) is 9.09. The Morgan fingerprint density at radius 1 is 1.53 bits per heavy atom. The van der Waals surface area contributed by atoms with Crippen LogP contribution in [0.15, 0.2) is 16.7 Å². The Balaban J connectivity index is 2.45. The zero-order chi connectivity index (χ0) is 13.8. The third kappa shape index (κ3) is 3.27. The summed E-state index contributed by atoms with van der Waals surface area (Å²) in [5, 5.41) is 0. The molecule has 0 saturated heterocycles. The molecule has 0 radical (unpaired) electrons. The molecule has 0 aromatic carbocycles. The third-order valence-corrected chi connectivity index (χ3v) is 3.51. The maximum Gasteiger partial charge on any atom is 0.160 e. The largest absolute Gasteiger partial charge is 0.380 e. The second-order valence-electron chi connectivity index (χ2n) is 4.34. The Morgan fingerprint density at radius 2 is 2.32 bits per heavy atom. The lowest BCUT2D eigenvalue weighted by molar-refractivity contribution is 0.119. The van der Waals surface area contributed by atoms with Crippen molar-refractivity contribution in [3.05, 3.63) is 22.6 Å². The third-order valence-electron chi connectivity index (χ3n) is 2.89. The number of halogens is 2. The molecular weight excluding hydrogens is 330 g/mol. The van der Waals surface area contributed by atoms with Crippen LogP contribution in [0.1, 0.15) is 25.7 Å². The summed E-state index contributed by atoms with van der Waals surface area (Å²) >= 11 is 9.28. The zero-order valence-corrected chi connectivity index (χ0v) is 13.4. The van der Waals surface area contributed by atoms with Crippen molar-refractivity contribution in [1.82, 2.24) is 14.5 Å². The highest BCUT2D eigenvalue weighted by atomic mass is 79.9. The maximum absolute atomic E-state index is 5.86. The number of pyridine rings is 1. The molecule has 0 aliphatic carbocycles. The van der Waals surface area contributed by atoms with Gasteiger partial charge < -0.3 is 9.30 Å². The van der Waals surface area contributed by atoms with Crippen LogP contribution in [0.5, 0.6) is 0 Å². The van der Waals surface area contributed by atoms with E-state index >= 15 is 0 Å². The normalized spacial score (nSPS) is 13.1. The van der Waals surface area contributed by atoms with Crippen LogP contribution < -0.4 is 0 Å². The van der Waals surface area contributed by atoms with Gasteiger partial charge in [0, 0.05) is 29.6 Å². The smallest absolute Gasteiger partial charge is 0.160 e. The SMILES string of the molecule is CCOCC(C)n1c(CCCl)nc2cc(Br)cnc21. The van der Waals surface area contributed by atoms with Crippen molar-refractivity contribution < 1.29 is 4.74 Å². The number of hydrogen-bond donors (Lipinski definition) is 0. The van der Waals surface area contributed by atoms with Crippen molar-refractivity contribution >= 4 is 38.7 Å². The van der Waals surface area contributed by atoms with Crippen LogP contribution in [0.25, 0.3) is 11.2 Å². The van der Waals surface area contributed by atoms with E-state index in [9.17, 15) is 0 Å². The van der Waals surface area contributed by atoms with Crippen molar-refractivity contribution in [1.29, 1.82) is 0 Å². The predicted octanol–water partition coefficient (Wildman–Crippen LogP) is 3.57. The molecule has 2 aromatic rings. The van der Waals surface area contributed by atoms with Crippen molar-refractivity contribution in [2.75, 3.05) is 19.1 Å². The lowest BCUT2D eigenvalue weighted by Gasteiger charge is -2.16. The highest BCUT2D eigenvalue weighted by molar-refractivity contribution is 9.10. The van der Waals surface area contributed by atoms with Gasteiger partial charge in [-0.3, -0.25) is 0 Å².